The Morgan fingerprint density at radius 2 is 1.97 bits per heavy atom. The number of aromatic nitrogens is 1. The van der Waals surface area contributed by atoms with Crippen LogP contribution in [-0.2, 0) is 11.0 Å². The van der Waals surface area contributed by atoms with E-state index in [2.05, 4.69) is 10.3 Å². The number of halogens is 4. The Balaban J connectivity index is 1.78. The van der Waals surface area contributed by atoms with Crippen LogP contribution < -0.4 is 15.1 Å². The third-order valence-corrected chi connectivity index (χ3v) is 6.16. The van der Waals surface area contributed by atoms with E-state index in [4.69, 9.17) is 17.5 Å². The highest BCUT2D eigenvalue weighted by molar-refractivity contribution is 7.81. The molecule has 0 radical (unpaired) electrons. The number of pyridine rings is 1. The van der Waals surface area contributed by atoms with Crippen molar-refractivity contribution in [2.75, 3.05) is 16.8 Å². The summed E-state index contributed by atoms with van der Waals surface area (Å²) in [5, 5.41) is 11.4. The van der Waals surface area contributed by atoms with Crippen LogP contribution in [0.4, 0.5) is 29.1 Å². The molecule has 170 valence electrons. The van der Waals surface area contributed by atoms with E-state index in [1.807, 2.05) is 0 Å². The van der Waals surface area contributed by atoms with Gasteiger partial charge in [-0.15, -0.1) is 0 Å². The molecule has 1 aromatic carbocycles. The molecule has 12 heteroatoms. The van der Waals surface area contributed by atoms with Gasteiger partial charge in [-0.3, -0.25) is 9.59 Å². The predicted molar refractivity (Wildman–Crippen MR) is 113 cm³/mol. The minimum absolute atomic E-state index is 0.108. The Hall–Kier alpha value is -3.59. The summed E-state index contributed by atoms with van der Waals surface area (Å²) in [7, 11) is 1.36. The highest BCUT2D eigenvalue weighted by atomic mass is 32.1. The average Bonchev–Trinajstić information content (AvgIpc) is 2.98. The Labute approximate surface area is 190 Å². The predicted octanol–water partition coefficient (Wildman–Crippen LogP) is 3.53. The van der Waals surface area contributed by atoms with E-state index in [0.717, 1.165) is 17.0 Å². The van der Waals surface area contributed by atoms with E-state index in [9.17, 15) is 27.2 Å². The number of benzene rings is 1. The zero-order valence-electron chi connectivity index (χ0n) is 17.0. The van der Waals surface area contributed by atoms with E-state index < -0.39 is 40.6 Å². The number of amides is 2. The smallest absolute Gasteiger partial charge is 0.355 e. The maximum absolute atomic E-state index is 14.6. The molecule has 1 aliphatic heterocycles. The minimum Gasteiger partial charge on any atom is -0.355 e. The molecular formula is C21H15F4N5O2S. The molecule has 33 heavy (non-hydrogen) atoms. The number of carbonyl (C=O) groups excluding carboxylic acids is 2. The molecule has 0 atom stereocenters. The van der Waals surface area contributed by atoms with Crippen LogP contribution in [0.25, 0.3) is 0 Å². The molecule has 2 heterocycles. The second kappa shape index (κ2) is 7.77. The normalized spacial score (nSPS) is 17.2. The molecule has 0 bridgehead atoms. The molecule has 1 spiro atoms. The molecule has 4 rings (SSSR count). The number of rotatable bonds is 3. The third-order valence-electron chi connectivity index (χ3n) is 5.80. The van der Waals surface area contributed by atoms with Gasteiger partial charge in [0.25, 0.3) is 11.8 Å². The van der Waals surface area contributed by atoms with E-state index in [1.54, 1.807) is 0 Å². The Morgan fingerprint density at radius 3 is 2.48 bits per heavy atom. The third kappa shape index (κ3) is 3.39. The summed E-state index contributed by atoms with van der Waals surface area (Å²) in [6, 6.07) is 6.83. The SMILES string of the molecule is CNC(=O)c1ccc(N2C(=S)N(c3ccc(C(F)(F)F)c(C#N)n3)C(=O)C23CCC3)cc1F. The fourth-order valence-corrected chi connectivity index (χ4v) is 4.49. The van der Waals surface area contributed by atoms with Crippen LogP contribution in [0.5, 0.6) is 0 Å². The number of hydrogen-bond donors (Lipinski definition) is 1. The number of nitrogens with zero attached hydrogens (tertiary/aromatic N) is 4. The topological polar surface area (TPSA) is 89.3 Å². The van der Waals surface area contributed by atoms with Gasteiger partial charge in [0.1, 0.15) is 23.2 Å². The first-order valence-electron chi connectivity index (χ1n) is 9.74. The first-order valence-corrected chi connectivity index (χ1v) is 10.1. The lowest BCUT2D eigenvalue weighted by molar-refractivity contribution is -0.138. The lowest BCUT2D eigenvalue weighted by Gasteiger charge is -2.43. The standard InChI is InChI=1S/C21H15F4N5O2S/c1-27-17(31)12-4-3-11(9-14(12)22)30-19(33)29(18(32)20(30)7-2-8-20)16-6-5-13(21(23,24)25)15(10-26)28-16/h3-6,9H,2,7-8H2,1H3,(H,27,31). The molecule has 1 N–H and O–H groups in total. The highest BCUT2D eigenvalue weighted by Gasteiger charge is 2.60. The van der Waals surface area contributed by atoms with Crippen molar-refractivity contribution < 1.29 is 27.2 Å². The van der Waals surface area contributed by atoms with Crippen molar-refractivity contribution >= 4 is 40.6 Å². The van der Waals surface area contributed by atoms with E-state index in [-0.39, 0.29) is 22.2 Å². The van der Waals surface area contributed by atoms with Crippen LogP contribution >= 0.6 is 12.2 Å². The van der Waals surface area contributed by atoms with Crippen LogP contribution in [0.2, 0.25) is 0 Å². The number of alkyl halides is 3. The molecule has 0 unspecified atom stereocenters. The van der Waals surface area contributed by atoms with Gasteiger partial charge in [-0.05, 0) is 61.8 Å². The number of carbonyl (C=O) groups is 2. The second-order valence-electron chi connectivity index (χ2n) is 7.56. The van der Waals surface area contributed by atoms with Crippen LogP contribution in [0.15, 0.2) is 30.3 Å². The average molecular weight is 477 g/mol. The van der Waals surface area contributed by atoms with Gasteiger partial charge in [0.05, 0.1) is 11.1 Å². The quantitative estimate of drug-likeness (QED) is 0.538. The molecule has 2 aliphatic rings. The first-order chi connectivity index (χ1) is 15.5. The number of anilines is 2. The molecule has 1 saturated carbocycles. The Kier molecular flexibility index (Phi) is 5.32. The molecule has 1 aromatic heterocycles. The van der Waals surface area contributed by atoms with Crippen LogP contribution in [0.3, 0.4) is 0 Å². The molecule has 7 nitrogen and oxygen atoms in total. The fraction of sp³-hybridized carbons (Fsp3) is 0.286. The van der Waals surface area contributed by atoms with Gasteiger partial charge in [0.2, 0.25) is 0 Å². The van der Waals surface area contributed by atoms with E-state index >= 15 is 0 Å². The summed E-state index contributed by atoms with van der Waals surface area (Å²) in [4.78, 5) is 31.3. The van der Waals surface area contributed by atoms with Gasteiger partial charge < -0.3 is 10.2 Å². The van der Waals surface area contributed by atoms with Crippen LogP contribution in [0.1, 0.15) is 40.9 Å². The van der Waals surface area contributed by atoms with Crippen molar-refractivity contribution in [3.05, 3.63) is 53.0 Å². The summed E-state index contributed by atoms with van der Waals surface area (Å²) in [6.07, 6.45) is -3.35. The van der Waals surface area contributed by atoms with Gasteiger partial charge in [0, 0.05) is 12.7 Å². The zero-order valence-corrected chi connectivity index (χ0v) is 17.9. The lowest BCUT2D eigenvalue weighted by Crippen LogP contribution is -2.55. The number of nitriles is 1. The summed E-state index contributed by atoms with van der Waals surface area (Å²) in [5.74, 6) is -2.21. The maximum atomic E-state index is 14.6. The van der Waals surface area contributed by atoms with Gasteiger partial charge in [0.15, 0.2) is 10.8 Å². The largest absolute Gasteiger partial charge is 0.419 e. The van der Waals surface area contributed by atoms with Crippen molar-refractivity contribution in [3.63, 3.8) is 0 Å². The summed E-state index contributed by atoms with van der Waals surface area (Å²) >= 11 is 5.47. The Morgan fingerprint density at radius 1 is 1.27 bits per heavy atom. The molecule has 2 aromatic rings. The molecule has 2 fully saturated rings. The van der Waals surface area contributed by atoms with Crippen LogP contribution in [0, 0.1) is 17.1 Å². The van der Waals surface area contributed by atoms with Crippen LogP contribution in [-0.4, -0.2) is 34.5 Å². The highest BCUT2D eigenvalue weighted by Crippen LogP contribution is 2.48. The zero-order chi connectivity index (χ0) is 24.1. The first kappa shape index (κ1) is 22.6. The molecular weight excluding hydrogens is 462 g/mol. The van der Waals surface area contributed by atoms with Crippen molar-refractivity contribution in [2.24, 2.45) is 0 Å². The van der Waals surface area contributed by atoms with Crippen molar-refractivity contribution in [1.29, 1.82) is 5.26 Å². The number of nitrogens with one attached hydrogen (secondary N) is 1. The molecule has 1 saturated heterocycles. The molecule has 1 aliphatic carbocycles. The summed E-state index contributed by atoms with van der Waals surface area (Å²) in [6.45, 7) is 0. The van der Waals surface area contributed by atoms with Gasteiger partial charge in [-0.1, -0.05) is 0 Å². The lowest BCUT2D eigenvalue weighted by atomic mass is 9.75. The minimum atomic E-state index is -4.79. The maximum Gasteiger partial charge on any atom is 0.419 e. The second-order valence-corrected chi connectivity index (χ2v) is 7.93. The Bertz CT molecular complexity index is 1240. The number of hydrogen-bond acceptors (Lipinski definition) is 5. The van der Waals surface area contributed by atoms with Crippen molar-refractivity contribution in [1.82, 2.24) is 10.3 Å². The van der Waals surface area contributed by atoms with Gasteiger partial charge in [-0.2, -0.15) is 18.4 Å². The summed E-state index contributed by atoms with van der Waals surface area (Å²) in [5.41, 5.74) is -3.24. The number of thiocarbonyl (C=S) groups is 1. The fourth-order valence-electron chi connectivity index (χ4n) is 4.03. The van der Waals surface area contributed by atoms with Gasteiger partial charge >= 0.3 is 6.18 Å². The monoisotopic (exact) mass is 477 g/mol. The van der Waals surface area contributed by atoms with E-state index in [0.29, 0.717) is 25.3 Å². The van der Waals surface area contributed by atoms with Crippen molar-refractivity contribution in [3.8, 4) is 6.07 Å². The van der Waals surface area contributed by atoms with Gasteiger partial charge in [-0.25, -0.2) is 14.3 Å². The van der Waals surface area contributed by atoms with E-state index in [1.165, 1.54) is 30.1 Å². The van der Waals surface area contributed by atoms with Crippen molar-refractivity contribution in [2.45, 2.75) is 31.0 Å². The molecule has 2 amide bonds. The summed E-state index contributed by atoms with van der Waals surface area (Å²) < 4.78 is 54.1.